The molecule has 0 aromatic carbocycles. The van der Waals surface area contributed by atoms with Crippen LogP contribution in [0.15, 0.2) is 40.3 Å². The van der Waals surface area contributed by atoms with Crippen LogP contribution in [0.1, 0.15) is 12.5 Å². The predicted molar refractivity (Wildman–Crippen MR) is 73.0 cm³/mol. The van der Waals surface area contributed by atoms with Crippen molar-refractivity contribution in [2.45, 2.75) is 26.4 Å². The summed E-state index contributed by atoms with van der Waals surface area (Å²) in [5.74, 6) is 0. The van der Waals surface area contributed by atoms with Crippen molar-refractivity contribution in [3.05, 3.63) is 57.1 Å². The average molecular weight is 260 g/mol. The van der Waals surface area contributed by atoms with Gasteiger partial charge in [0.05, 0.1) is 0 Å². The zero-order valence-corrected chi connectivity index (χ0v) is 10.7. The van der Waals surface area contributed by atoms with E-state index in [2.05, 4.69) is 4.98 Å². The maximum absolute atomic E-state index is 12.1. The monoisotopic (exact) mass is 260 g/mol. The Balaban J connectivity index is 2.33. The number of anilines is 1. The molecule has 0 spiro atoms. The maximum atomic E-state index is 12.1. The van der Waals surface area contributed by atoms with Gasteiger partial charge in [-0.3, -0.25) is 18.9 Å². The number of rotatable bonds is 4. The summed E-state index contributed by atoms with van der Waals surface area (Å²) in [7, 11) is 0. The molecule has 0 aliphatic heterocycles. The van der Waals surface area contributed by atoms with Crippen molar-refractivity contribution in [1.82, 2.24) is 14.1 Å². The van der Waals surface area contributed by atoms with E-state index in [4.69, 9.17) is 5.73 Å². The number of aromatic nitrogens is 3. The van der Waals surface area contributed by atoms with Crippen molar-refractivity contribution in [2.24, 2.45) is 0 Å². The standard InChI is InChI=1S/C13H16N4O2/c1-2-16-9-11(14)12(18)17(13(16)19)8-5-10-3-6-15-7-4-10/h3-4,6-7,9H,2,5,8,14H2,1H3. The van der Waals surface area contributed by atoms with Gasteiger partial charge in [0.15, 0.2) is 0 Å². The Bertz CT molecular complexity index is 673. The van der Waals surface area contributed by atoms with Crippen LogP contribution >= 0.6 is 0 Å². The SMILES string of the molecule is CCn1cc(N)c(=O)n(CCc2ccncc2)c1=O. The summed E-state index contributed by atoms with van der Waals surface area (Å²) in [5, 5.41) is 0. The highest BCUT2D eigenvalue weighted by atomic mass is 16.2. The number of pyridine rings is 1. The Hall–Kier alpha value is -2.37. The lowest BCUT2D eigenvalue weighted by Gasteiger charge is -2.09. The van der Waals surface area contributed by atoms with E-state index < -0.39 is 5.56 Å². The number of aryl methyl sites for hydroxylation is 2. The van der Waals surface area contributed by atoms with Crippen LogP contribution in [-0.4, -0.2) is 14.1 Å². The van der Waals surface area contributed by atoms with Crippen LogP contribution < -0.4 is 17.0 Å². The van der Waals surface area contributed by atoms with Gasteiger partial charge in [-0.2, -0.15) is 0 Å². The van der Waals surface area contributed by atoms with Gasteiger partial charge in [-0.1, -0.05) is 0 Å². The van der Waals surface area contributed by atoms with Crippen molar-refractivity contribution in [3.63, 3.8) is 0 Å². The largest absolute Gasteiger partial charge is 0.393 e. The third-order valence-electron chi connectivity index (χ3n) is 2.98. The fourth-order valence-electron chi connectivity index (χ4n) is 1.89. The Morgan fingerprint density at radius 1 is 1.26 bits per heavy atom. The molecule has 19 heavy (non-hydrogen) atoms. The second-order valence-corrected chi connectivity index (χ2v) is 4.22. The number of hydrogen-bond donors (Lipinski definition) is 1. The molecule has 0 bridgehead atoms. The van der Waals surface area contributed by atoms with Crippen LogP contribution in [0.4, 0.5) is 5.69 Å². The van der Waals surface area contributed by atoms with E-state index >= 15 is 0 Å². The molecular formula is C13H16N4O2. The first kappa shape index (κ1) is 13.1. The molecule has 2 rings (SSSR count). The van der Waals surface area contributed by atoms with Crippen molar-refractivity contribution in [1.29, 1.82) is 0 Å². The summed E-state index contributed by atoms with van der Waals surface area (Å²) in [5.41, 5.74) is 6.00. The van der Waals surface area contributed by atoms with Crippen molar-refractivity contribution >= 4 is 5.69 Å². The molecule has 0 amide bonds. The van der Waals surface area contributed by atoms with Crippen LogP contribution in [0.5, 0.6) is 0 Å². The van der Waals surface area contributed by atoms with E-state index in [0.29, 0.717) is 19.5 Å². The van der Waals surface area contributed by atoms with E-state index in [-0.39, 0.29) is 11.4 Å². The fraction of sp³-hybridized carbons (Fsp3) is 0.308. The van der Waals surface area contributed by atoms with E-state index in [1.54, 1.807) is 12.4 Å². The highest BCUT2D eigenvalue weighted by Gasteiger charge is 2.08. The lowest BCUT2D eigenvalue weighted by Crippen LogP contribution is -2.40. The Labute approximate surface area is 110 Å². The quantitative estimate of drug-likeness (QED) is 0.854. The lowest BCUT2D eigenvalue weighted by atomic mass is 10.2. The first-order valence-electron chi connectivity index (χ1n) is 6.12. The number of nitrogen functional groups attached to an aromatic ring is 1. The molecule has 0 aliphatic rings. The van der Waals surface area contributed by atoms with Gasteiger partial charge < -0.3 is 5.73 Å². The summed E-state index contributed by atoms with van der Waals surface area (Å²) >= 11 is 0. The Morgan fingerprint density at radius 2 is 1.95 bits per heavy atom. The van der Waals surface area contributed by atoms with E-state index in [9.17, 15) is 9.59 Å². The highest BCUT2D eigenvalue weighted by molar-refractivity contribution is 5.31. The van der Waals surface area contributed by atoms with Crippen LogP contribution in [0.3, 0.4) is 0 Å². The molecule has 100 valence electrons. The van der Waals surface area contributed by atoms with Crippen LogP contribution in [0, 0.1) is 0 Å². The van der Waals surface area contributed by atoms with Gasteiger partial charge >= 0.3 is 5.69 Å². The summed E-state index contributed by atoms with van der Waals surface area (Å²) in [6.45, 7) is 2.63. The van der Waals surface area contributed by atoms with Gasteiger partial charge in [0.1, 0.15) is 5.69 Å². The van der Waals surface area contributed by atoms with Crippen LogP contribution in [-0.2, 0) is 19.5 Å². The third kappa shape index (κ3) is 2.73. The van der Waals surface area contributed by atoms with E-state index in [0.717, 1.165) is 5.56 Å². The molecule has 0 saturated carbocycles. The second kappa shape index (κ2) is 5.51. The molecule has 0 fully saturated rings. The fourth-order valence-corrected chi connectivity index (χ4v) is 1.89. The average Bonchev–Trinajstić information content (AvgIpc) is 2.44. The van der Waals surface area contributed by atoms with Crippen molar-refractivity contribution in [3.8, 4) is 0 Å². The summed E-state index contributed by atoms with van der Waals surface area (Å²) in [4.78, 5) is 27.9. The topological polar surface area (TPSA) is 82.9 Å². The van der Waals surface area contributed by atoms with Gasteiger partial charge in [-0.15, -0.1) is 0 Å². The normalized spacial score (nSPS) is 10.6. The highest BCUT2D eigenvalue weighted by Crippen LogP contribution is 1.99. The molecule has 6 heteroatoms. The first-order chi connectivity index (χ1) is 9.13. The number of hydrogen-bond acceptors (Lipinski definition) is 4. The molecule has 0 aliphatic carbocycles. The number of nitrogens with two attached hydrogens (primary N) is 1. The van der Waals surface area contributed by atoms with Crippen LogP contribution in [0.25, 0.3) is 0 Å². The molecule has 0 atom stereocenters. The summed E-state index contributed by atoms with van der Waals surface area (Å²) in [6.07, 6.45) is 5.35. The zero-order valence-electron chi connectivity index (χ0n) is 10.7. The zero-order chi connectivity index (χ0) is 13.8. The van der Waals surface area contributed by atoms with Gasteiger partial charge in [-0.25, -0.2) is 4.79 Å². The van der Waals surface area contributed by atoms with Crippen molar-refractivity contribution in [2.75, 3.05) is 5.73 Å². The molecule has 0 radical (unpaired) electrons. The molecule has 0 unspecified atom stereocenters. The predicted octanol–water partition coefficient (Wildman–Crippen LogP) is 0.250. The van der Waals surface area contributed by atoms with Gasteiger partial charge in [0.25, 0.3) is 5.56 Å². The Kier molecular flexibility index (Phi) is 3.79. The van der Waals surface area contributed by atoms with Crippen molar-refractivity contribution < 1.29 is 0 Å². The molecule has 0 saturated heterocycles. The minimum Gasteiger partial charge on any atom is -0.393 e. The van der Waals surface area contributed by atoms with Crippen LogP contribution in [0.2, 0.25) is 0 Å². The minimum absolute atomic E-state index is 0.0937. The number of nitrogens with zero attached hydrogens (tertiary/aromatic N) is 3. The smallest absolute Gasteiger partial charge is 0.331 e. The Morgan fingerprint density at radius 3 is 2.58 bits per heavy atom. The molecule has 2 heterocycles. The molecule has 2 aromatic rings. The third-order valence-corrected chi connectivity index (χ3v) is 2.98. The summed E-state index contributed by atoms with van der Waals surface area (Å²) in [6, 6.07) is 3.71. The molecule has 6 nitrogen and oxygen atoms in total. The first-order valence-corrected chi connectivity index (χ1v) is 6.12. The molecule has 2 N–H and O–H groups in total. The second-order valence-electron chi connectivity index (χ2n) is 4.22. The maximum Gasteiger partial charge on any atom is 0.331 e. The minimum atomic E-state index is -0.427. The van der Waals surface area contributed by atoms with E-state index in [1.807, 2.05) is 19.1 Å². The van der Waals surface area contributed by atoms with Gasteiger partial charge in [-0.05, 0) is 31.0 Å². The molecular weight excluding hydrogens is 244 g/mol. The summed E-state index contributed by atoms with van der Waals surface area (Å²) < 4.78 is 2.61. The van der Waals surface area contributed by atoms with Gasteiger partial charge in [0.2, 0.25) is 0 Å². The van der Waals surface area contributed by atoms with Gasteiger partial charge in [0, 0.05) is 31.7 Å². The molecule has 2 aromatic heterocycles. The van der Waals surface area contributed by atoms with E-state index in [1.165, 1.54) is 15.3 Å². The lowest BCUT2D eigenvalue weighted by molar-refractivity contribution is 0.567.